The van der Waals surface area contributed by atoms with Crippen molar-refractivity contribution in [1.29, 1.82) is 0 Å². The number of pyridine rings is 1. The van der Waals surface area contributed by atoms with Crippen LogP contribution in [0.3, 0.4) is 0 Å². The van der Waals surface area contributed by atoms with Gasteiger partial charge in [0.2, 0.25) is 0 Å². The number of benzene rings is 6. The molecule has 0 fully saturated rings. The second kappa shape index (κ2) is 10.2. The van der Waals surface area contributed by atoms with Crippen LogP contribution in [0.15, 0.2) is 152 Å². The molecule has 0 aliphatic heterocycles. The average molecular weight is 513 g/mol. The van der Waals surface area contributed by atoms with Crippen LogP contribution in [0, 0.1) is 6.92 Å². The first kappa shape index (κ1) is 23.9. The minimum atomic E-state index is 0.902. The van der Waals surface area contributed by atoms with Gasteiger partial charge in [0.05, 0.1) is 5.69 Å². The molecule has 0 spiro atoms. The number of rotatable bonds is 5. The second-order valence-corrected chi connectivity index (χ2v) is 10.0. The molecule has 0 bridgehead atoms. The highest BCUT2D eigenvalue weighted by atomic mass is 15.2. The maximum absolute atomic E-state index is 5.00. The molecule has 7 rings (SSSR count). The van der Waals surface area contributed by atoms with Crippen molar-refractivity contribution in [3.63, 3.8) is 0 Å². The molecule has 6 aromatic carbocycles. The van der Waals surface area contributed by atoms with E-state index in [0.29, 0.717) is 0 Å². The molecule has 7 aromatic rings. The van der Waals surface area contributed by atoms with E-state index >= 15 is 0 Å². The highest BCUT2D eigenvalue weighted by Crippen LogP contribution is 2.48. The summed E-state index contributed by atoms with van der Waals surface area (Å²) in [7, 11) is 0. The van der Waals surface area contributed by atoms with Crippen LogP contribution in [0.5, 0.6) is 0 Å². The molecule has 1 heterocycles. The molecule has 1 aromatic heterocycles. The minimum absolute atomic E-state index is 0.902. The molecule has 0 radical (unpaired) electrons. The zero-order valence-corrected chi connectivity index (χ0v) is 22.3. The second-order valence-electron chi connectivity index (χ2n) is 10.0. The van der Waals surface area contributed by atoms with E-state index in [-0.39, 0.29) is 0 Å². The quantitative estimate of drug-likeness (QED) is 0.213. The number of aromatic nitrogens is 1. The fraction of sp³-hybridized carbons (Fsp3) is 0.0263. The standard InChI is InChI=1S/C38H28N2/c1-27-15-14-26-36(39-27)40(29-18-6-3-7-19-29)38-34-24-12-10-22-32(34)37(33-23-11-13-25-35(33)38)31-21-9-8-20-30(31)28-16-4-2-5-17-28/h2-26H,1H3. The van der Waals surface area contributed by atoms with Gasteiger partial charge in [0, 0.05) is 22.2 Å². The van der Waals surface area contributed by atoms with Gasteiger partial charge in [0.1, 0.15) is 5.82 Å². The van der Waals surface area contributed by atoms with Crippen molar-refractivity contribution < 1.29 is 0 Å². The summed E-state index contributed by atoms with van der Waals surface area (Å²) in [6, 6.07) is 53.8. The smallest absolute Gasteiger partial charge is 0.137 e. The summed E-state index contributed by atoms with van der Waals surface area (Å²) in [6.45, 7) is 2.05. The molecule has 2 heteroatoms. The Kier molecular flexibility index (Phi) is 6.07. The van der Waals surface area contributed by atoms with E-state index in [2.05, 4.69) is 150 Å². The maximum atomic E-state index is 5.00. The Bertz CT molecular complexity index is 1900. The van der Waals surface area contributed by atoms with Crippen LogP contribution in [0.2, 0.25) is 0 Å². The molecule has 0 atom stereocenters. The van der Waals surface area contributed by atoms with Crippen LogP contribution < -0.4 is 4.90 Å². The third-order valence-electron chi connectivity index (χ3n) is 7.52. The fourth-order valence-corrected chi connectivity index (χ4v) is 5.81. The van der Waals surface area contributed by atoms with Crippen LogP contribution >= 0.6 is 0 Å². The third kappa shape index (κ3) is 4.11. The highest BCUT2D eigenvalue weighted by Gasteiger charge is 2.23. The van der Waals surface area contributed by atoms with Gasteiger partial charge < -0.3 is 0 Å². The van der Waals surface area contributed by atoms with E-state index < -0.39 is 0 Å². The largest absolute Gasteiger partial charge is 0.294 e. The van der Waals surface area contributed by atoms with Gasteiger partial charge in [0.25, 0.3) is 0 Å². The lowest BCUT2D eigenvalue weighted by atomic mass is 9.86. The topological polar surface area (TPSA) is 16.1 Å². The molecular weight excluding hydrogens is 484 g/mol. The van der Waals surface area contributed by atoms with Crippen molar-refractivity contribution in [2.24, 2.45) is 0 Å². The number of nitrogens with zero attached hydrogens (tertiary/aromatic N) is 2. The van der Waals surface area contributed by atoms with Gasteiger partial charge >= 0.3 is 0 Å². The van der Waals surface area contributed by atoms with Crippen LogP contribution in [0.4, 0.5) is 17.2 Å². The number of anilines is 3. The van der Waals surface area contributed by atoms with E-state index in [1.807, 2.05) is 13.0 Å². The van der Waals surface area contributed by atoms with E-state index in [1.165, 1.54) is 43.8 Å². The Balaban J connectivity index is 1.62. The molecule has 0 saturated carbocycles. The number of para-hydroxylation sites is 1. The summed E-state index contributed by atoms with van der Waals surface area (Å²) in [5.41, 5.74) is 8.12. The zero-order valence-electron chi connectivity index (χ0n) is 22.3. The average Bonchev–Trinajstić information content (AvgIpc) is 3.02. The van der Waals surface area contributed by atoms with Crippen LogP contribution in [-0.2, 0) is 0 Å². The molecule has 190 valence electrons. The van der Waals surface area contributed by atoms with Gasteiger partial charge in [-0.05, 0) is 64.2 Å². The summed E-state index contributed by atoms with van der Waals surface area (Å²) in [5.74, 6) is 0.902. The lowest BCUT2D eigenvalue weighted by Crippen LogP contribution is -2.13. The monoisotopic (exact) mass is 512 g/mol. The van der Waals surface area contributed by atoms with Crippen LogP contribution in [-0.4, -0.2) is 4.98 Å². The lowest BCUT2D eigenvalue weighted by molar-refractivity contribution is 1.14. The van der Waals surface area contributed by atoms with Crippen molar-refractivity contribution in [3.8, 4) is 22.3 Å². The van der Waals surface area contributed by atoms with Crippen molar-refractivity contribution in [1.82, 2.24) is 4.98 Å². The third-order valence-corrected chi connectivity index (χ3v) is 7.52. The van der Waals surface area contributed by atoms with Gasteiger partial charge in [-0.25, -0.2) is 4.98 Å². The molecule has 0 amide bonds. The Hall–Kier alpha value is -5.21. The van der Waals surface area contributed by atoms with E-state index in [1.54, 1.807) is 0 Å². The van der Waals surface area contributed by atoms with E-state index in [9.17, 15) is 0 Å². The maximum Gasteiger partial charge on any atom is 0.137 e. The van der Waals surface area contributed by atoms with Crippen LogP contribution in [0.25, 0.3) is 43.8 Å². The SMILES string of the molecule is Cc1cccc(N(c2ccccc2)c2c3ccccc3c(-c3ccccc3-c3ccccc3)c3ccccc23)n1. The van der Waals surface area contributed by atoms with Gasteiger partial charge in [-0.3, -0.25) is 4.90 Å². The summed E-state index contributed by atoms with van der Waals surface area (Å²) < 4.78 is 0. The molecule has 0 unspecified atom stereocenters. The van der Waals surface area contributed by atoms with Gasteiger partial charge in [-0.1, -0.05) is 127 Å². The minimum Gasteiger partial charge on any atom is -0.294 e. The summed E-state index contributed by atoms with van der Waals surface area (Å²) >= 11 is 0. The predicted octanol–water partition coefficient (Wildman–Crippen LogP) is 10.5. The summed E-state index contributed by atoms with van der Waals surface area (Å²) in [4.78, 5) is 7.31. The Morgan fingerprint density at radius 2 is 0.975 bits per heavy atom. The number of fused-ring (bicyclic) bond motifs is 2. The first-order valence-electron chi connectivity index (χ1n) is 13.7. The Morgan fingerprint density at radius 3 is 1.60 bits per heavy atom. The van der Waals surface area contributed by atoms with Crippen molar-refractivity contribution in [3.05, 3.63) is 157 Å². The molecule has 0 saturated heterocycles. The van der Waals surface area contributed by atoms with Crippen molar-refractivity contribution >= 4 is 38.7 Å². The molecule has 40 heavy (non-hydrogen) atoms. The Morgan fingerprint density at radius 1 is 0.450 bits per heavy atom. The number of hydrogen-bond donors (Lipinski definition) is 0. The van der Waals surface area contributed by atoms with Crippen molar-refractivity contribution in [2.45, 2.75) is 6.92 Å². The molecular formula is C38H28N2. The van der Waals surface area contributed by atoms with Crippen molar-refractivity contribution in [2.75, 3.05) is 4.90 Å². The molecule has 0 N–H and O–H groups in total. The van der Waals surface area contributed by atoms with Gasteiger partial charge in [-0.15, -0.1) is 0 Å². The zero-order chi connectivity index (χ0) is 26.9. The van der Waals surface area contributed by atoms with Gasteiger partial charge in [-0.2, -0.15) is 0 Å². The van der Waals surface area contributed by atoms with Crippen LogP contribution in [0.1, 0.15) is 5.69 Å². The Labute approximate surface area is 234 Å². The highest BCUT2D eigenvalue weighted by molar-refractivity contribution is 6.23. The normalized spacial score (nSPS) is 11.1. The predicted molar refractivity (Wildman–Crippen MR) is 170 cm³/mol. The van der Waals surface area contributed by atoms with E-state index in [4.69, 9.17) is 4.98 Å². The fourth-order valence-electron chi connectivity index (χ4n) is 5.81. The number of aryl methyl sites for hydroxylation is 1. The van der Waals surface area contributed by atoms with Gasteiger partial charge in [0.15, 0.2) is 0 Å². The molecule has 0 aliphatic rings. The first-order valence-corrected chi connectivity index (χ1v) is 13.7. The number of hydrogen-bond acceptors (Lipinski definition) is 2. The van der Waals surface area contributed by atoms with E-state index in [0.717, 1.165) is 22.9 Å². The molecule has 0 aliphatic carbocycles. The molecule has 2 nitrogen and oxygen atoms in total. The summed E-state index contributed by atoms with van der Waals surface area (Å²) in [5, 5.41) is 4.80. The lowest BCUT2D eigenvalue weighted by Gasteiger charge is -2.29. The summed E-state index contributed by atoms with van der Waals surface area (Å²) in [6.07, 6.45) is 0. The first-order chi connectivity index (χ1) is 19.8.